The maximum absolute atomic E-state index is 12.8. The lowest BCUT2D eigenvalue weighted by atomic mass is 10.0. The third-order valence-electron chi connectivity index (χ3n) is 2.35. The number of pyridine rings is 1. The van der Waals surface area contributed by atoms with Crippen LogP contribution in [0.4, 0.5) is 4.39 Å². The number of aromatic nitrogens is 1. The smallest absolute Gasteiger partial charge is 0.213 e. The molecule has 1 heterocycles. The van der Waals surface area contributed by atoms with Gasteiger partial charge in [0.05, 0.1) is 5.52 Å². The summed E-state index contributed by atoms with van der Waals surface area (Å²) in [5, 5.41) is 0.998. The topological polar surface area (TPSA) is 12.9 Å². The predicted octanol–water partition coefficient (Wildman–Crippen LogP) is 3.50. The summed E-state index contributed by atoms with van der Waals surface area (Å²) < 4.78 is 12.8. The Labute approximate surface area is 82.6 Å². The first-order valence-corrected chi connectivity index (χ1v) is 4.73. The van der Waals surface area contributed by atoms with Gasteiger partial charge in [-0.05, 0) is 35.7 Å². The first-order chi connectivity index (χ1) is 6.66. The Bertz CT molecular complexity index is 463. The van der Waals surface area contributed by atoms with Gasteiger partial charge in [0.15, 0.2) is 0 Å². The van der Waals surface area contributed by atoms with Gasteiger partial charge in [-0.2, -0.15) is 4.39 Å². The number of fused-ring (bicyclic) bond motifs is 1. The Hall–Kier alpha value is -1.44. The predicted molar refractivity (Wildman–Crippen MR) is 55.8 cm³/mol. The van der Waals surface area contributed by atoms with Gasteiger partial charge in [0.1, 0.15) is 0 Å². The lowest BCUT2D eigenvalue weighted by Crippen LogP contribution is -1.89. The summed E-state index contributed by atoms with van der Waals surface area (Å²) in [6.45, 7) is 4.27. The van der Waals surface area contributed by atoms with E-state index in [-0.39, 0.29) is 0 Å². The van der Waals surface area contributed by atoms with Crippen molar-refractivity contribution in [1.82, 2.24) is 4.98 Å². The third kappa shape index (κ3) is 1.60. The first kappa shape index (κ1) is 9.13. The molecule has 1 aromatic heterocycles. The van der Waals surface area contributed by atoms with E-state index in [0.717, 1.165) is 10.9 Å². The second kappa shape index (κ2) is 3.37. The molecule has 0 aliphatic heterocycles. The highest BCUT2D eigenvalue weighted by Crippen LogP contribution is 2.20. The lowest BCUT2D eigenvalue weighted by molar-refractivity contribution is 0.589. The minimum absolute atomic E-state index is 0.421. The monoisotopic (exact) mass is 189 g/mol. The normalized spacial score (nSPS) is 11.1. The van der Waals surface area contributed by atoms with Crippen molar-refractivity contribution in [1.29, 1.82) is 0 Å². The molecule has 14 heavy (non-hydrogen) atoms. The molecular formula is C12H12FN. The molecule has 0 radical (unpaired) electrons. The molecule has 2 aromatic rings. The fourth-order valence-corrected chi connectivity index (χ4v) is 1.48. The molecule has 0 saturated heterocycles. The maximum Gasteiger partial charge on any atom is 0.213 e. The highest BCUT2D eigenvalue weighted by molar-refractivity contribution is 5.79. The summed E-state index contributed by atoms with van der Waals surface area (Å²) in [6, 6.07) is 9.09. The largest absolute Gasteiger partial charge is 0.220 e. The summed E-state index contributed by atoms with van der Waals surface area (Å²) in [4.78, 5) is 3.81. The number of hydrogen-bond donors (Lipinski definition) is 0. The van der Waals surface area contributed by atoms with E-state index in [1.165, 1.54) is 11.6 Å². The molecule has 0 fully saturated rings. The van der Waals surface area contributed by atoms with Gasteiger partial charge in [-0.3, -0.25) is 0 Å². The van der Waals surface area contributed by atoms with Gasteiger partial charge >= 0.3 is 0 Å². The average Bonchev–Trinajstić information content (AvgIpc) is 2.16. The Morgan fingerprint density at radius 3 is 2.64 bits per heavy atom. The molecule has 2 rings (SSSR count). The van der Waals surface area contributed by atoms with Crippen LogP contribution in [0.1, 0.15) is 25.3 Å². The fourth-order valence-electron chi connectivity index (χ4n) is 1.48. The van der Waals surface area contributed by atoms with Crippen LogP contribution < -0.4 is 0 Å². The van der Waals surface area contributed by atoms with E-state index in [1.54, 1.807) is 6.07 Å². The molecular weight excluding hydrogens is 177 g/mol. The van der Waals surface area contributed by atoms with Gasteiger partial charge in [0.25, 0.3) is 0 Å². The molecule has 0 unspecified atom stereocenters. The van der Waals surface area contributed by atoms with Crippen molar-refractivity contribution in [2.75, 3.05) is 0 Å². The van der Waals surface area contributed by atoms with Crippen molar-refractivity contribution in [2.45, 2.75) is 19.8 Å². The van der Waals surface area contributed by atoms with Crippen molar-refractivity contribution < 1.29 is 4.39 Å². The Morgan fingerprint density at radius 1 is 1.14 bits per heavy atom. The minimum atomic E-state index is -0.421. The maximum atomic E-state index is 12.8. The SMILES string of the molecule is CC(C)c1ccc2nc(F)ccc2c1. The molecule has 72 valence electrons. The van der Waals surface area contributed by atoms with Crippen LogP contribution >= 0.6 is 0 Å². The zero-order valence-corrected chi connectivity index (χ0v) is 8.29. The Morgan fingerprint density at radius 2 is 1.93 bits per heavy atom. The van der Waals surface area contributed by atoms with E-state index in [9.17, 15) is 4.39 Å². The van der Waals surface area contributed by atoms with Crippen LogP contribution in [0.15, 0.2) is 30.3 Å². The molecule has 0 atom stereocenters. The van der Waals surface area contributed by atoms with Crippen molar-refractivity contribution in [3.63, 3.8) is 0 Å². The molecule has 0 saturated carbocycles. The standard InChI is InChI=1S/C12H12FN/c1-8(2)9-3-5-11-10(7-9)4-6-12(13)14-11/h3-8H,1-2H3. The summed E-state index contributed by atoms with van der Waals surface area (Å²) in [5.41, 5.74) is 1.97. The second-order valence-electron chi connectivity index (χ2n) is 3.74. The average molecular weight is 189 g/mol. The van der Waals surface area contributed by atoms with E-state index in [0.29, 0.717) is 5.92 Å². The van der Waals surface area contributed by atoms with Crippen molar-refractivity contribution in [2.24, 2.45) is 0 Å². The zero-order valence-electron chi connectivity index (χ0n) is 8.29. The highest BCUT2D eigenvalue weighted by Gasteiger charge is 2.01. The summed E-state index contributed by atoms with van der Waals surface area (Å²) >= 11 is 0. The minimum Gasteiger partial charge on any atom is -0.220 e. The van der Waals surface area contributed by atoms with Gasteiger partial charge in [-0.25, -0.2) is 4.98 Å². The molecule has 0 aliphatic carbocycles. The van der Waals surface area contributed by atoms with Crippen LogP contribution in [-0.2, 0) is 0 Å². The van der Waals surface area contributed by atoms with Crippen LogP contribution in [0.25, 0.3) is 10.9 Å². The zero-order chi connectivity index (χ0) is 10.1. The van der Waals surface area contributed by atoms with E-state index in [2.05, 4.69) is 24.9 Å². The summed E-state index contributed by atoms with van der Waals surface area (Å²) in [6.07, 6.45) is 0. The van der Waals surface area contributed by atoms with Crippen LogP contribution in [0.3, 0.4) is 0 Å². The van der Waals surface area contributed by atoms with Gasteiger partial charge in [0.2, 0.25) is 5.95 Å². The van der Waals surface area contributed by atoms with Crippen molar-refractivity contribution in [3.05, 3.63) is 41.8 Å². The van der Waals surface area contributed by atoms with Crippen LogP contribution in [0.2, 0.25) is 0 Å². The number of hydrogen-bond acceptors (Lipinski definition) is 1. The Kier molecular flexibility index (Phi) is 2.20. The van der Waals surface area contributed by atoms with Crippen LogP contribution in [0.5, 0.6) is 0 Å². The molecule has 0 spiro atoms. The molecule has 0 bridgehead atoms. The number of benzene rings is 1. The van der Waals surface area contributed by atoms with Crippen LogP contribution in [0, 0.1) is 5.95 Å². The summed E-state index contributed by atoms with van der Waals surface area (Å²) in [5.74, 6) is 0.0687. The van der Waals surface area contributed by atoms with E-state index in [1.807, 2.05) is 12.1 Å². The molecule has 0 aliphatic rings. The molecule has 2 heteroatoms. The molecule has 1 nitrogen and oxygen atoms in total. The highest BCUT2D eigenvalue weighted by atomic mass is 19.1. The Balaban J connectivity index is 2.62. The van der Waals surface area contributed by atoms with Gasteiger partial charge in [-0.1, -0.05) is 19.9 Å². The molecule has 0 N–H and O–H groups in total. The summed E-state index contributed by atoms with van der Waals surface area (Å²) in [7, 11) is 0. The van der Waals surface area contributed by atoms with Crippen molar-refractivity contribution in [3.8, 4) is 0 Å². The quantitative estimate of drug-likeness (QED) is 0.626. The molecule has 0 amide bonds. The number of halogens is 1. The lowest BCUT2D eigenvalue weighted by Gasteiger charge is -2.05. The van der Waals surface area contributed by atoms with E-state index in [4.69, 9.17) is 0 Å². The van der Waals surface area contributed by atoms with E-state index < -0.39 is 5.95 Å². The first-order valence-electron chi connectivity index (χ1n) is 4.73. The third-order valence-corrected chi connectivity index (χ3v) is 2.35. The van der Waals surface area contributed by atoms with E-state index >= 15 is 0 Å². The fraction of sp³-hybridized carbons (Fsp3) is 0.250. The molecule has 1 aromatic carbocycles. The van der Waals surface area contributed by atoms with Crippen LogP contribution in [-0.4, -0.2) is 4.98 Å². The van der Waals surface area contributed by atoms with Gasteiger partial charge in [-0.15, -0.1) is 0 Å². The second-order valence-corrected chi connectivity index (χ2v) is 3.74. The van der Waals surface area contributed by atoms with Gasteiger partial charge in [0, 0.05) is 5.39 Å². The number of rotatable bonds is 1. The van der Waals surface area contributed by atoms with Crippen molar-refractivity contribution >= 4 is 10.9 Å². The number of nitrogens with zero attached hydrogens (tertiary/aromatic N) is 1. The van der Waals surface area contributed by atoms with Gasteiger partial charge < -0.3 is 0 Å².